The average Bonchev–Trinajstić information content (AvgIpc) is 2.73. The standard InChI is InChI=1S/C26H35NO3/c1-17(2)26(5)13-12-25(3,4)24-20(26)14-18(28-6)15-21(24)27-16-19-22(29-7)10-9-11-23(19)30-8/h9-11,14-17H,12-13H2,1-8H3/t26-/m1/s1. The van der Waals surface area contributed by atoms with Crippen LogP contribution >= 0.6 is 0 Å². The highest BCUT2D eigenvalue weighted by Gasteiger charge is 2.43. The predicted octanol–water partition coefficient (Wildman–Crippen LogP) is 6.45. The summed E-state index contributed by atoms with van der Waals surface area (Å²) in [5, 5.41) is 0. The lowest BCUT2D eigenvalue weighted by Gasteiger charge is -2.46. The fraction of sp³-hybridized carbons (Fsp3) is 0.500. The molecule has 0 saturated heterocycles. The number of rotatable bonds is 6. The minimum Gasteiger partial charge on any atom is -0.497 e. The summed E-state index contributed by atoms with van der Waals surface area (Å²) in [4.78, 5) is 4.97. The molecule has 1 aliphatic rings. The Labute approximate surface area is 181 Å². The second-order valence-electron chi connectivity index (χ2n) is 9.36. The van der Waals surface area contributed by atoms with Crippen LogP contribution in [0.2, 0.25) is 0 Å². The normalized spacial score (nSPS) is 20.3. The number of aliphatic imine (C=N–C) groups is 1. The first-order valence-electron chi connectivity index (χ1n) is 10.7. The lowest BCUT2D eigenvalue weighted by atomic mass is 9.58. The summed E-state index contributed by atoms with van der Waals surface area (Å²) >= 11 is 0. The zero-order chi connectivity index (χ0) is 22.1. The first-order valence-corrected chi connectivity index (χ1v) is 10.7. The Hall–Kier alpha value is -2.49. The highest BCUT2D eigenvalue weighted by molar-refractivity contribution is 5.89. The zero-order valence-corrected chi connectivity index (χ0v) is 19.6. The summed E-state index contributed by atoms with van der Waals surface area (Å²) in [6.07, 6.45) is 4.13. The Bertz CT molecular complexity index is 923. The Morgan fingerprint density at radius 2 is 1.57 bits per heavy atom. The Morgan fingerprint density at radius 1 is 0.933 bits per heavy atom. The number of hydrogen-bond donors (Lipinski definition) is 0. The number of benzene rings is 2. The van der Waals surface area contributed by atoms with Crippen molar-refractivity contribution in [2.45, 2.75) is 58.3 Å². The van der Waals surface area contributed by atoms with Crippen LogP contribution in [-0.2, 0) is 10.8 Å². The fourth-order valence-electron chi connectivity index (χ4n) is 4.56. The van der Waals surface area contributed by atoms with Crippen molar-refractivity contribution in [2.24, 2.45) is 10.9 Å². The van der Waals surface area contributed by atoms with E-state index >= 15 is 0 Å². The molecule has 0 aromatic heterocycles. The maximum Gasteiger partial charge on any atom is 0.131 e. The molecule has 0 amide bonds. The van der Waals surface area contributed by atoms with Gasteiger partial charge in [-0.1, -0.05) is 40.7 Å². The molecule has 0 saturated carbocycles. The second kappa shape index (κ2) is 8.33. The molecule has 2 aromatic rings. The third kappa shape index (κ3) is 3.80. The molecule has 1 atom stereocenters. The number of ether oxygens (including phenoxy) is 3. The van der Waals surface area contributed by atoms with Crippen LogP contribution in [-0.4, -0.2) is 27.5 Å². The van der Waals surface area contributed by atoms with E-state index in [9.17, 15) is 0 Å². The number of methoxy groups -OCH3 is 3. The highest BCUT2D eigenvalue weighted by Crippen LogP contribution is 2.53. The first-order chi connectivity index (χ1) is 14.2. The van der Waals surface area contributed by atoms with Crippen LogP contribution < -0.4 is 14.2 Å². The highest BCUT2D eigenvalue weighted by atomic mass is 16.5. The third-order valence-electron chi connectivity index (χ3n) is 6.96. The summed E-state index contributed by atoms with van der Waals surface area (Å²) in [6, 6.07) is 10.0. The molecular weight excluding hydrogens is 374 g/mol. The van der Waals surface area contributed by atoms with Crippen molar-refractivity contribution in [3.8, 4) is 17.2 Å². The molecule has 0 N–H and O–H groups in total. The smallest absolute Gasteiger partial charge is 0.131 e. The number of nitrogens with zero attached hydrogens (tertiary/aromatic N) is 1. The van der Waals surface area contributed by atoms with Gasteiger partial charge in [0.1, 0.15) is 17.2 Å². The first kappa shape index (κ1) is 22.2. The van der Waals surface area contributed by atoms with E-state index < -0.39 is 0 Å². The summed E-state index contributed by atoms with van der Waals surface area (Å²) in [5.74, 6) is 2.84. The molecule has 3 rings (SSSR count). The van der Waals surface area contributed by atoms with E-state index in [4.69, 9.17) is 19.2 Å². The molecule has 0 fully saturated rings. The van der Waals surface area contributed by atoms with Crippen molar-refractivity contribution in [1.29, 1.82) is 0 Å². The van der Waals surface area contributed by atoms with Crippen LogP contribution in [0.25, 0.3) is 0 Å². The van der Waals surface area contributed by atoms with Gasteiger partial charge >= 0.3 is 0 Å². The van der Waals surface area contributed by atoms with Crippen LogP contribution in [0.1, 0.15) is 64.2 Å². The van der Waals surface area contributed by atoms with E-state index in [-0.39, 0.29) is 10.8 Å². The van der Waals surface area contributed by atoms with Crippen molar-refractivity contribution in [1.82, 2.24) is 0 Å². The molecule has 0 unspecified atom stereocenters. The van der Waals surface area contributed by atoms with Crippen molar-refractivity contribution >= 4 is 11.9 Å². The molecule has 2 aromatic carbocycles. The monoisotopic (exact) mass is 409 g/mol. The molecular formula is C26H35NO3. The topological polar surface area (TPSA) is 40.0 Å². The summed E-state index contributed by atoms with van der Waals surface area (Å²) < 4.78 is 16.8. The maximum absolute atomic E-state index is 5.68. The van der Waals surface area contributed by atoms with Gasteiger partial charge in [-0.15, -0.1) is 0 Å². The summed E-state index contributed by atoms with van der Waals surface area (Å²) in [7, 11) is 5.05. The van der Waals surface area contributed by atoms with Crippen molar-refractivity contribution in [2.75, 3.05) is 21.3 Å². The zero-order valence-electron chi connectivity index (χ0n) is 19.6. The fourth-order valence-corrected chi connectivity index (χ4v) is 4.56. The van der Waals surface area contributed by atoms with Crippen molar-refractivity contribution < 1.29 is 14.2 Å². The molecule has 4 nitrogen and oxygen atoms in total. The number of hydrogen-bond acceptors (Lipinski definition) is 4. The SMILES string of the molecule is COc1cc(N=Cc2c(OC)cccc2OC)c2c(c1)[C@@](C)(C(C)C)CCC2(C)C. The summed E-state index contributed by atoms with van der Waals surface area (Å²) in [6.45, 7) is 11.6. The number of fused-ring (bicyclic) bond motifs is 1. The lowest BCUT2D eigenvalue weighted by Crippen LogP contribution is -2.39. The van der Waals surface area contributed by atoms with E-state index in [2.05, 4.69) is 40.7 Å². The van der Waals surface area contributed by atoms with Gasteiger partial charge in [-0.3, -0.25) is 4.99 Å². The average molecular weight is 410 g/mol. The third-order valence-corrected chi connectivity index (χ3v) is 6.96. The van der Waals surface area contributed by atoms with Gasteiger partial charge in [0.05, 0.1) is 32.6 Å². The predicted molar refractivity (Wildman–Crippen MR) is 124 cm³/mol. The van der Waals surface area contributed by atoms with Crippen LogP contribution in [0.3, 0.4) is 0 Å². The van der Waals surface area contributed by atoms with E-state index in [1.165, 1.54) is 11.1 Å². The van der Waals surface area contributed by atoms with Gasteiger partial charge in [-0.05, 0) is 58.9 Å². The molecule has 1 aliphatic carbocycles. The van der Waals surface area contributed by atoms with Gasteiger partial charge in [0.2, 0.25) is 0 Å². The van der Waals surface area contributed by atoms with Crippen LogP contribution in [0.5, 0.6) is 17.2 Å². The van der Waals surface area contributed by atoms with Gasteiger partial charge in [-0.2, -0.15) is 0 Å². The van der Waals surface area contributed by atoms with Gasteiger partial charge in [0.25, 0.3) is 0 Å². The summed E-state index contributed by atoms with van der Waals surface area (Å²) in [5.41, 5.74) is 4.58. The van der Waals surface area contributed by atoms with E-state index in [0.717, 1.165) is 41.3 Å². The molecule has 0 spiro atoms. The lowest BCUT2D eigenvalue weighted by molar-refractivity contribution is 0.245. The molecule has 0 radical (unpaired) electrons. The molecule has 0 heterocycles. The molecule has 0 bridgehead atoms. The minimum absolute atomic E-state index is 0.0353. The molecule has 162 valence electrons. The van der Waals surface area contributed by atoms with Crippen LogP contribution in [0, 0.1) is 5.92 Å². The van der Waals surface area contributed by atoms with Crippen molar-refractivity contribution in [3.05, 3.63) is 47.0 Å². The van der Waals surface area contributed by atoms with E-state index in [1.807, 2.05) is 30.5 Å². The van der Waals surface area contributed by atoms with Crippen LogP contribution in [0.15, 0.2) is 35.3 Å². The maximum atomic E-state index is 5.68. The molecule has 4 heteroatoms. The van der Waals surface area contributed by atoms with Gasteiger partial charge < -0.3 is 14.2 Å². The largest absolute Gasteiger partial charge is 0.497 e. The van der Waals surface area contributed by atoms with Crippen LogP contribution in [0.4, 0.5) is 5.69 Å². The second-order valence-corrected chi connectivity index (χ2v) is 9.36. The van der Waals surface area contributed by atoms with Gasteiger partial charge in [-0.25, -0.2) is 0 Å². The van der Waals surface area contributed by atoms with E-state index in [1.54, 1.807) is 21.3 Å². The van der Waals surface area contributed by atoms with Gasteiger partial charge in [0.15, 0.2) is 0 Å². The Balaban J connectivity index is 2.24. The minimum atomic E-state index is 0.0353. The Morgan fingerprint density at radius 3 is 2.10 bits per heavy atom. The Kier molecular flexibility index (Phi) is 6.16. The molecule has 30 heavy (non-hydrogen) atoms. The molecule has 0 aliphatic heterocycles. The van der Waals surface area contributed by atoms with E-state index in [0.29, 0.717) is 5.92 Å². The van der Waals surface area contributed by atoms with Gasteiger partial charge in [0, 0.05) is 12.3 Å². The van der Waals surface area contributed by atoms with Crippen molar-refractivity contribution in [3.63, 3.8) is 0 Å². The quantitative estimate of drug-likeness (QED) is 0.515.